The van der Waals surface area contributed by atoms with Crippen molar-refractivity contribution >= 4 is 19.6 Å². The van der Waals surface area contributed by atoms with Crippen molar-refractivity contribution in [1.82, 2.24) is 0 Å². The van der Waals surface area contributed by atoms with Crippen molar-refractivity contribution in [3.63, 3.8) is 0 Å². The third-order valence-electron chi connectivity index (χ3n) is 2.62. The molecule has 0 aromatic heterocycles. The number of halogens is 1. The van der Waals surface area contributed by atoms with Gasteiger partial charge in [0.2, 0.25) is 0 Å². The Balaban J connectivity index is -0.000000204. The molecule has 4 nitrogen and oxygen atoms in total. The summed E-state index contributed by atoms with van der Waals surface area (Å²) in [5, 5.41) is 14.8. The Morgan fingerprint density at radius 1 is 1.42 bits per heavy atom. The number of nitrogens with zero attached hydrogens (tertiary/aromatic N) is 2. The fraction of sp³-hybridized carbons (Fsp3) is 0.667. The third kappa shape index (κ3) is 16.0. The van der Waals surface area contributed by atoms with E-state index in [1.54, 1.807) is 6.61 Å². The molecule has 0 atom stereocenters. The van der Waals surface area contributed by atoms with Crippen molar-refractivity contribution < 1.29 is 42.9 Å². The van der Waals surface area contributed by atoms with Gasteiger partial charge in [-0.05, 0) is 0 Å². The molecule has 0 unspecified atom stereocenters. The molecule has 0 fully saturated rings. The summed E-state index contributed by atoms with van der Waals surface area (Å²) in [6.45, 7) is 11.8. The van der Waals surface area contributed by atoms with Crippen LogP contribution in [-0.4, -0.2) is 5.97 Å². The summed E-state index contributed by atoms with van der Waals surface area (Å²) in [6.07, 6.45) is 3.03. The van der Waals surface area contributed by atoms with Gasteiger partial charge < -0.3 is 16.6 Å². The fourth-order valence-corrected chi connectivity index (χ4v) is 1.34. The van der Waals surface area contributed by atoms with Gasteiger partial charge in [0.15, 0.2) is 0 Å². The van der Waals surface area contributed by atoms with Gasteiger partial charge in [-0.1, -0.05) is 33.1 Å². The molecular formula is C12H18BrCuN2O2Zn. The van der Waals surface area contributed by atoms with E-state index in [1.807, 2.05) is 13.8 Å². The predicted octanol–water partition coefficient (Wildman–Crippen LogP) is 3.76. The maximum atomic E-state index is 10.7. The second kappa shape index (κ2) is 20.4. The minimum atomic E-state index is -0.298. The van der Waals surface area contributed by atoms with E-state index in [1.165, 1.54) is 23.3 Å². The Labute approximate surface area is 143 Å². The van der Waals surface area contributed by atoms with Gasteiger partial charge in [-0.2, -0.15) is 11.9 Å². The molecule has 0 aromatic carbocycles. The normalized spacial score (nSPS) is 8.37. The molecule has 0 saturated carbocycles. The molecule has 108 valence electrons. The van der Waals surface area contributed by atoms with Gasteiger partial charge in [0.05, 0.1) is 6.07 Å². The van der Waals surface area contributed by atoms with Crippen LogP contribution in [0.15, 0.2) is 0 Å². The zero-order valence-corrected chi connectivity index (χ0v) is 17.0. The van der Waals surface area contributed by atoms with E-state index in [9.17, 15) is 4.79 Å². The molecule has 0 aliphatic heterocycles. The molecule has 0 rings (SSSR count). The monoisotopic (exact) mass is 428 g/mol. The molecule has 0 radical (unpaired) electrons. The van der Waals surface area contributed by atoms with Gasteiger partial charge in [0.25, 0.3) is 5.97 Å². The molecule has 0 amide bonds. The van der Waals surface area contributed by atoms with Crippen molar-refractivity contribution in [3.05, 3.63) is 13.2 Å². The Bertz CT molecular complexity index is 266. The second-order valence-corrected chi connectivity index (χ2v) is 3.45. The average Bonchev–Trinajstić information content (AvgIpc) is 2.44. The Morgan fingerprint density at radius 2 is 1.84 bits per heavy atom. The number of rotatable bonds is 6. The van der Waals surface area contributed by atoms with Crippen LogP contribution in [-0.2, 0) is 42.9 Å². The predicted molar refractivity (Wildman–Crippen MR) is 67.8 cm³/mol. The first kappa shape index (κ1) is 27.4. The first-order valence-electron chi connectivity index (χ1n) is 5.48. The Hall–Kier alpha value is 0.0729. The van der Waals surface area contributed by atoms with E-state index in [2.05, 4.69) is 19.7 Å². The molecule has 0 aliphatic rings. The quantitative estimate of drug-likeness (QED) is 0.365. The van der Waals surface area contributed by atoms with Crippen molar-refractivity contribution in [2.24, 2.45) is 5.41 Å². The number of carbonyl (C=O) groups is 1. The number of carbonyl (C=O) groups excluding carboxylic acids is 1. The topological polar surface area (TPSA) is 73.9 Å². The average molecular weight is 431 g/mol. The van der Waals surface area contributed by atoms with E-state index >= 15 is 0 Å². The van der Waals surface area contributed by atoms with Crippen LogP contribution in [0.1, 0.15) is 46.5 Å². The van der Waals surface area contributed by atoms with Crippen molar-refractivity contribution in [2.45, 2.75) is 46.5 Å². The van der Waals surface area contributed by atoms with Crippen LogP contribution in [0.5, 0.6) is 0 Å². The second-order valence-electron chi connectivity index (χ2n) is 3.45. The van der Waals surface area contributed by atoms with Gasteiger partial charge in [0.1, 0.15) is 0 Å². The Morgan fingerprint density at radius 3 is 2.11 bits per heavy atom. The summed E-state index contributed by atoms with van der Waals surface area (Å²) in [4.78, 5) is 10.7. The molecule has 0 heterocycles. The van der Waals surface area contributed by atoms with Crippen molar-refractivity contribution in [1.29, 1.82) is 10.5 Å². The van der Waals surface area contributed by atoms with Crippen LogP contribution in [0.2, 0.25) is 0 Å². The van der Waals surface area contributed by atoms with Gasteiger partial charge in [0, 0.05) is 13.3 Å². The zero-order valence-electron chi connectivity index (χ0n) is 11.5. The zero-order chi connectivity index (χ0) is 15.0. The van der Waals surface area contributed by atoms with Crippen LogP contribution in [0.25, 0.3) is 0 Å². The first-order chi connectivity index (χ1) is 8.60. The van der Waals surface area contributed by atoms with Crippen LogP contribution in [0, 0.1) is 35.2 Å². The number of hydrogen-bond acceptors (Lipinski definition) is 4. The molecule has 0 aliphatic carbocycles. The standard InChI is InChI=1S/C11H18NO2.CN.BrH.Cu.Zn/c1-4-11(5-2,7-6-8-12)9-14-10(3)13;1-2;;;/h9H,4-7H2,1-3H3;;1H;;/q2*-1;;+1;+2/p-1. The molecule has 0 spiro atoms. The van der Waals surface area contributed by atoms with Gasteiger partial charge in [-0.25, -0.2) is 0 Å². The van der Waals surface area contributed by atoms with Crippen LogP contribution >= 0.6 is 13.6 Å². The molecule has 7 heteroatoms. The molecule has 19 heavy (non-hydrogen) atoms. The van der Waals surface area contributed by atoms with Crippen LogP contribution in [0.3, 0.4) is 0 Å². The Kier molecular flexibility index (Phi) is 29.4. The van der Waals surface area contributed by atoms with Gasteiger partial charge in [-0.15, -0.1) is 5.41 Å². The summed E-state index contributed by atoms with van der Waals surface area (Å²) < 4.78 is 4.91. The molecule has 0 aromatic rings. The van der Waals surface area contributed by atoms with Crippen molar-refractivity contribution in [3.8, 4) is 6.07 Å². The summed E-state index contributed by atoms with van der Waals surface area (Å²) >= 11 is 4.25. The molecule has 0 saturated heterocycles. The van der Waals surface area contributed by atoms with Crippen molar-refractivity contribution in [2.75, 3.05) is 0 Å². The summed E-state index contributed by atoms with van der Waals surface area (Å²) in [5.74, 6) is -0.298. The van der Waals surface area contributed by atoms with E-state index in [0.717, 1.165) is 19.3 Å². The van der Waals surface area contributed by atoms with Gasteiger partial charge in [-0.3, -0.25) is 4.79 Å². The number of ether oxygens (including phenoxy) is 1. The summed E-state index contributed by atoms with van der Waals surface area (Å²) in [7, 11) is 0. The van der Waals surface area contributed by atoms with Crippen LogP contribution < -0.4 is 0 Å². The molecule has 0 N–H and O–H groups in total. The number of nitriles is 1. The van der Waals surface area contributed by atoms with E-state index in [-0.39, 0.29) is 28.5 Å². The summed E-state index contributed by atoms with van der Waals surface area (Å²) in [6, 6.07) is 2.12. The van der Waals surface area contributed by atoms with Crippen LogP contribution in [0.4, 0.5) is 0 Å². The van der Waals surface area contributed by atoms with E-state index in [0.29, 0.717) is 6.42 Å². The maximum absolute atomic E-state index is 10.7. The summed E-state index contributed by atoms with van der Waals surface area (Å²) in [5.41, 5.74) is -0.124. The van der Waals surface area contributed by atoms with E-state index in [4.69, 9.17) is 21.8 Å². The number of hydrogen-bond donors (Lipinski definition) is 0. The minimum absolute atomic E-state index is 0. The molecular weight excluding hydrogens is 413 g/mol. The van der Waals surface area contributed by atoms with Gasteiger partial charge >= 0.3 is 47.0 Å². The third-order valence-corrected chi connectivity index (χ3v) is 2.62. The van der Waals surface area contributed by atoms with E-state index < -0.39 is 0 Å². The first-order valence-corrected chi connectivity index (χ1v) is 12.4. The SMILES string of the molecule is CCC([CH-]OC(C)=O)(CC)CCC#N.[C-]#N.[Cu+].[Zn+][Br]. The number of esters is 1. The fourth-order valence-electron chi connectivity index (χ4n) is 1.34. The molecule has 0 bridgehead atoms.